The lowest BCUT2D eigenvalue weighted by atomic mass is 10.1. The molecule has 0 N–H and O–H groups in total. The smallest absolute Gasteiger partial charge is 0.228 e. The predicted octanol–water partition coefficient (Wildman–Crippen LogP) is 3.04. The molecule has 26 heavy (non-hydrogen) atoms. The van der Waals surface area contributed by atoms with Gasteiger partial charge >= 0.3 is 0 Å². The van der Waals surface area contributed by atoms with Crippen LogP contribution in [0.1, 0.15) is 44.9 Å². The van der Waals surface area contributed by atoms with Crippen LogP contribution in [0.4, 0.5) is 11.4 Å². The van der Waals surface area contributed by atoms with Crippen LogP contribution in [-0.4, -0.2) is 49.4 Å². The molecule has 2 amide bonds. The summed E-state index contributed by atoms with van der Waals surface area (Å²) in [6.07, 6.45) is 7.47. The lowest BCUT2D eigenvalue weighted by Gasteiger charge is -2.24. The van der Waals surface area contributed by atoms with Gasteiger partial charge in [0.1, 0.15) is 0 Å². The summed E-state index contributed by atoms with van der Waals surface area (Å²) in [6, 6.07) is 8.28. The molecule has 1 aromatic carbocycles. The second-order valence-electron chi connectivity index (χ2n) is 7.86. The number of hydrogen-bond donors (Lipinski definition) is 0. The number of carbonyl (C=O) groups is 2. The van der Waals surface area contributed by atoms with E-state index in [1.54, 1.807) is 4.90 Å². The van der Waals surface area contributed by atoms with E-state index >= 15 is 0 Å². The van der Waals surface area contributed by atoms with E-state index in [4.69, 9.17) is 0 Å². The number of anilines is 2. The minimum Gasteiger partial charge on any atom is -0.372 e. The predicted molar refractivity (Wildman–Crippen MR) is 103 cm³/mol. The third-order valence-corrected chi connectivity index (χ3v) is 6.02. The van der Waals surface area contributed by atoms with E-state index in [-0.39, 0.29) is 17.7 Å². The lowest BCUT2D eigenvalue weighted by Crippen LogP contribution is -2.38. The van der Waals surface area contributed by atoms with Gasteiger partial charge in [-0.2, -0.15) is 0 Å². The molecule has 0 bridgehead atoms. The number of rotatable bonds is 3. The van der Waals surface area contributed by atoms with Crippen LogP contribution in [0.2, 0.25) is 0 Å². The molecule has 5 heteroatoms. The lowest BCUT2D eigenvalue weighted by molar-refractivity contribution is -0.135. The molecule has 1 aromatic rings. The molecule has 3 aliphatic rings. The van der Waals surface area contributed by atoms with Gasteiger partial charge < -0.3 is 14.7 Å². The normalized spacial score (nSPS) is 24.2. The third-order valence-electron chi connectivity index (χ3n) is 6.02. The zero-order chi connectivity index (χ0) is 17.9. The molecule has 3 heterocycles. The van der Waals surface area contributed by atoms with Gasteiger partial charge in [0.05, 0.1) is 5.92 Å². The van der Waals surface area contributed by atoms with Crippen LogP contribution in [0.15, 0.2) is 24.3 Å². The third kappa shape index (κ3) is 3.57. The van der Waals surface area contributed by atoms with Gasteiger partial charge in [0.25, 0.3) is 0 Å². The highest BCUT2D eigenvalue weighted by Crippen LogP contribution is 2.29. The van der Waals surface area contributed by atoms with Crippen molar-refractivity contribution in [3.8, 4) is 0 Å². The Kier molecular flexibility index (Phi) is 5.14. The van der Waals surface area contributed by atoms with Gasteiger partial charge in [0.15, 0.2) is 0 Å². The Morgan fingerprint density at radius 1 is 0.808 bits per heavy atom. The van der Waals surface area contributed by atoms with Crippen molar-refractivity contribution < 1.29 is 9.59 Å². The molecule has 1 atom stereocenters. The minimum atomic E-state index is -0.182. The first-order valence-electron chi connectivity index (χ1n) is 10.2. The molecule has 0 aliphatic carbocycles. The standard InChI is InChI=1S/C21H29N3O2/c25-20-15-17(21(26)23-13-3-1-2-4-14-23)16-24(20)19-9-7-18(8-10-19)22-11-5-6-12-22/h7-10,17H,1-6,11-16H2. The van der Waals surface area contributed by atoms with E-state index in [2.05, 4.69) is 17.0 Å². The van der Waals surface area contributed by atoms with Crippen LogP contribution >= 0.6 is 0 Å². The molecule has 3 fully saturated rings. The average Bonchev–Trinajstić information content (AvgIpc) is 3.25. The highest BCUT2D eigenvalue weighted by atomic mass is 16.2. The van der Waals surface area contributed by atoms with E-state index in [1.807, 2.05) is 17.0 Å². The Balaban J connectivity index is 1.41. The van der Waals surface area contributed by atoms with Gasteiger partial charge in [-0.1, -0.05) is 12.8 Å². The first-order chi connectivity index (χ1) is 12.7. The van der Waals surface area contributed by atoms with E-state index < -0.39 is 0 Å². The molecule has 0 radical (unpaired) electrons. The zero-order valence-electron chi connectivity index (χ0n) is 15.5. The van der Waals surface area contributed by atoms with Crippen LogP contribution in [0.3, 0.4) is 0 Å². The minimum absolute atomic E-state index is 0.0760. The van der Waals surface area contributed by atoms with Gasteiger partial charge in [-0.05, 0) is 49.9 Å². The fraction of sp³-hybridized carbons (Fsp3) is 0.619. The largest absolute Gasteiger partial charge is 0.372 e. The van der Waals surface area contributed by atoms with Crippen LogP contribution < -0.4 is 9.80 Å². The molecule has 5 nitrogen and oxygen atoms in total. The summed E-state index contributed by atoms with van der Waals surface area (Å²) in [6.45, 7) is 4.47. The van der Waals surface area contributed by atoms with Crippen molar-refractivity contribution in [2.24, 2.45) is 5.92 Å². The fourth-order valence-corrected chi connectivity index (χ4v) is 4.49. The fourth-order valence-electron chi connectivity index (χ4n) is 4.49. The van der Waals surface area contributed by atoms with E-state index in [1.165, 1.54) is 31.4 Å². The van der Waals surface area contributed by atoms with Crippen molar-refractivity contribution >= 4 is 23.2 Å². The van der Waals surface area contributed by atoms with Crippen LogP contribution in [-0.2, 0) is 9.59 Å². The van der Waals surface area contributed by atoms with Crippen LogP contribution in [0.5, 0.6) is 0 Å². The molecule has 3 saturated heterocycles. The summed E-state index contributed by atoms with van der Waals surface area (Å²) in [5, 5.41) is 0. The summed E-state index contributed by atoms with van der Waals surface area (Å²) in [7, 11) is 0. The van der Waals surface area contributed by atoms with Crippen molar-refractivity contribution in [2.75, 3.05) is 42.5 Å². The monoisotopic (exact) mass is 355 g/mol. The molecule has 3 aliphatic heterocycles. The van der Waals surface area contributed by atoms with E-state index in [0.717, 1.165) is 44.7 Å². The highest BCUT2D eigenvalue weighted by molar-refractivity contribution is 6.00. The maximum absolute atomic E-state index is 12.8. The van der Waals surface area contributed by atoms with Crippen LogP contribution in [0, 0.1) is 5.92 Å². The van der Waals surface area contributed by atoms with Gasteiger partial charge in [0.2, 0.25) is 11.8 Å². The molecule has 140 valence electrons. The summed E-state index contributed by atoms with van der Waals surface area (Å²) in [4.78, 5) is 31.6. The Hall–Kier alpha value is -2.04. The van der Waals surface area contributed by atoms with Gasteiger partial charge in [-0.3, -0.25) is 9.59 Å². The topological polar surface area (TPSA) is 43.9 Å². The molecule has 1 unspecified atom stereocenters. The summed E-state index contributed by atoms with van der Waals surface area (Å²) in [5.74, 6) is 0.0717. The molecule has 0 saturated carbocycles. The average molecular weight is 355 g/mol. The second kappa shape index (κ2) is 7.68. The van der Waals surface area contributed by atoms with E-state index in [9.17, 15) is 9.59 Å². The molecular formula is C21H29N3O2. The maximum atomic E-state index is 12.8. The number of carbonyl (C=O) groups excluding carboxylic acids is 2. The zero-order valence-corrected chi connectivity index (χ0v) is 15.5. The summed E-state index contributed by atoms with van der Waals surface area (Å²) in [5.41, 5.74) is 2.15. The first kappa shape index (κ1) is 17.4. The Labute approximate surface area is 155 Å². The number of amides is 2. The Morgan fingerprint density at radius 2 is 1.38 bits per heavy atom. The van der Waals surface area contributed by atoms with Crippen molar-refractivity contribution in [2.45, 2.75) is 44.9 Å². The molecular weight excluding hydrogens is 326 g/mol. The molecule has 0 aromatic heterocycles. The SMILES string of the molecule is O=C(C1CC(=O)N(c2ccc(N3CCCC3)cc2)C1)N1CCCCCC1. The Bertz CT molecular complexity index is 644. The van der Waals surface area contributed by atoms with Crippen molar-refractivity contribution in [1.82, 2.24) is 4.90 Å². The number of likely N-dealkylation sites (tertiary alicyclic amines) is 1. The molecule has 4 rings (SSSR count). The van der Waals surface area contributed by atoms with Crippen LogP contribution in [0.25, 0.3) is 0 Å². The van der Waals surface area contributed by atoms with Gasteiger partial charge in [-0.25, -0.2) is 0 Å². The summed E-state index contributed by atoms with van der Waals surface area (Å²) >= 11 is 0. The van der Waals surface area contributed by atoms with Gasteiger partial charge in [0, 0.05) is 50.5 Å². The van der Waals surface area contributed by atoms with Gasteiger partial charge in [-0.15, -0.1) is 0 Å². The van der Waals surface area contributed by atoms with Crippen molar-refractivity contribution in [3.63, 3.8) is 0 Å². The first-order valence-corrected chi connectivity index (χ1v) is 10.2. The maximum Gasteiger partial charge on any atom is 0.228 e. The highest BCUT2D eigenvalue weighted by Gasteiger charge is 2.37. The number of benzene rings is 1. The number of nitrogens with zero attached hydrogens (tertiary/aromatic N) is 3. The second-order valence-corrected chi connectivity index (χ2v) is 7.86. The van der Waals surface area contributed by atoms with Crippen molar-refractivity contribution in [1.29, 1.82) is 0 Å². The Morgan fingerprint density at radius 3 is 2.04 bits per heavy atom. The van der Waals surface area contributed by atoms with E-state index in [0.29, 0.717) is 13.0 Å². The quantitative estimate of drug-likeness (QED) is 0.837. The van der Waals surface area contributed by atoms with Crippen molar-refractivity contribution in [3.05, 3.63) is 24.3 Å². The molecule has 0 spiro atoms. The summed E-state index contributed by atoms with van der Waals surface area (Å²) < 4.78 is 0. The number of hydrogen-bond acceptors (Lipinski definition) is 3.